The van der Waals surface area contributed by atoms with Crippen molar-refractivity contribution in [2.75, 3.05) is 12.8 Å². The molecule has 0 saturated heterocycles. The van der Waals surface area contributed by atoms with Crippen molar-refractivity contribution in [1.29, 1.82) is 0 Å². The summed E-state index contributed by atoms with van der Waals surface area (Å²) in [6.45, 7) is 0. The number of hydrogen-bond donors (Lipinski definition) is 2. The topological polar surface area (TPSA) is 64.3 Å². The zero-order chi connectivity index (χ0) is 10.7. The van der Waals surface area contributed by atoms with E-state index in [4.69, 9.17) is 5.73 Å². The highest BCUT2D eigenvalue weighted by molar-refractivity contribution is 5.94. The van der Waals surface area contributed by atoms with Gasteiger partial charge in [0.25, 0.3) is 5.91 Å². The van der Waals surface area contributed by atoms with Gasteiger partial charge in [0, 0.05) is 6.07 Å². The number of amides is 1. The van der Waals surface area contributed by atoms with E-state index in [1.165, 1.54) is 7.11 Å². The van der Waals surface area contributed by atoms with Crippen molar-refractivity contribution < 1.29 is 18.4 Å². The Morgan fingerprint density at radius 3 is 2.64 bits per heavy atom. The summed E-state index contributed by atoms with van der Waals surface area (Å²) in [5.41, 5.74) is 6.39. The lowest BCUT2D eigenvalue weighted by Gasteiger charge is -2.04. The predicted octanol–water partition coefficient (Wildman–Crippen LogP) is 0.838. The average Bonchev–Trinajstić information content (AvgIpc) is 2.11. The van der Waals surface area contributed by atoms with E-state index in [0.29, 0.717) is 6.07 Å². The highest BCUT2D eigenvalue weighted by Crippen LogP contribution is 2.16. The Bertz CT molecular complexity index is 369. The molecule has 76 valence electrons. The average molecular weight is 202 g/mol. The molecule has 1 aromatic carbocycles. The lowest BCUT2D eigenvalue weighted by atomic mass is 10.1. The minimum absolute atomic E-state index is 0.298. The van der Waals surface area contributed by atoms with Gasteiger partial charge in [-0.15, -0.1) is 0 Å². The molecule has 3 N–H and O–H groups in total. The lowest BCUT2D eigenvalue weighted by molar-refractivity contribution is 0.0533. The molecule has 0 aromatic heterocycles. The first kappa shape index (κ1) is 10.4. The van der Waals surface area contributed by atoms with Crippen LogP contribution in [0.1, 0.15) is 10.4 Å². The van der Waals surface area contributed by atoms with Gasteiger partial charge in [0.15, 0.2) is 0 Å². The molecule has 1 rings (SSSR count). The molecule has 0 atom stereocenters. The van der Waals surface area contributed by atoms with Crippen molar-refractivity contribution in [3.8, 4) is 0 Å². The molecule has 0 unspecified atom stereocenters. The number of rotatable bonds is 2. The molecular weight excluding hydrogens is 194 g/mol. The first-order valence-corrected chi connectivity index (χ1v) is 3.64. The number of halogens is 2. The van der Waals surface area contributed by atoms with Crippen LogP contribution in [-0.2, 0) is 4.84 Å². The Morgan fingerprint density at radius 2 is 2.07 bits per heavy atom. The minimum atomic E-state index is -0.994. The highest BCUT2D eigenvalue weighted by Gasteiger charge is 2.14. The number of benzene rings is 1. The Labute approximate surface area is 78.6 Å². The van der Waals surface area contributed by atoms with Crippen LogP contribution >= 0.6 is 0 Å². The maximum absolute atomic E-state index is 13.0. The van der Waals surface area contributed by atoms with Crippen molar-refractivity contribution in [3.05, 3.63) is 29.3 Å². The van der Waals surface area contributed by atoms with Crippen LogP contribution in [0.3, 0.4) is 0 Å². The Morgan fingerprint density at radius 1 is 1.43 bits per heavy atom. The van der Waals surface area contributed by atoms with Crippen LogP contribution in [0.25, 0.3) is 0 Å². The van der Waals surface area contributed by atoms with Gasteiger partial charge < -0.3 is 5.73 Å². The van der Waals surface area contributed by atoms with E-state index in [1.807, 2.05) is 5.48 Å². The van der Waals surface area contributed by atoms with Gasteiger partial charge >= 0.3 is 0 Å². The number of carbonyl (C=O) groups is 1. The number of hydroxylamine groups is 1. The smallest absolute Gasteiger partial charge is 0.277 e. The summed E-state index contributed by atoms with van der Waals surface area (Å²) in [4.78, 5) is 15.4. The molecule has 0 spiro atoms. The molecule has 1 aromatic rings. The number of nitrogens with one attached hydrogen (secondary N) is 1. The number of carbonyl (C=O) groups excluding carboxylic acids is 1. The van der Waals surface area contributed by atoms with Gasteiger partial charge in [-0.3, -0.25) is 9.63 Å². The van der Waals surface area contributed by atoms with E-state index in [0.717, 1.165) is 6.07 Å². The SMILES string of the molecule is CONC(=O)c1cc(N)c(F)cc1F. The van der Waals surface area contributed by atoms with E-state index in [-0.39, 0.29) is 11.3 Å². The summed E-state index contributed by atoms with van der Waals surface area (Å²) in [6.07, 6.45) is 0. The monoisotopic (exact) mass is 202 g/mol. The van der Waals surface area contributed by atoms with Crippen molar-refractivity contribution in [2.45, 2.75) is 0 Å². The summed E-state index contributed by atoms with van der Waals surface area (Å²) in [6, 6.07) is 1.44. The zero-order valence-electron chi connectivity index (χ0n) is 7.30. The fourth-order valence-electron chi connectivity index (χ4n) is 0.887. The molecule has 14 heavy (non-hydrogen) atoms. The standard InChI is InChI=1S/C8H8F2N2O2/c1-14-12-8(13)4-2-7(11)6(10)3-5(4)9/h2-3H,11H2,1H3,(H,12,13). The quantitative estimate of drug-likeness (QED) is 0.551. The van der Waals surface area contributed by atoms with Gasteiger partial charge in [0.1, 0.15) is 11.6 Å². The lowest BCUT2D eigenvalue weighted by Crippen LogP contribution is -2.23. The van der Waals surface area contributed by atoms with Gasteiger partial charge in [-0.05, 0) is 6.07 Å². The largest absolute Gasteiger partial charge is 0.396 e. The molecule has 0 fully saturated rings. The fourth-order valence-corrected chi connectivity index (χ4v) is 0.887. The molecule has 0 heterocycles. The number of anilines is 1. The Balaban J connectivity index is 3.09. The van der Waals surface area contributed by atoms with E-state index in [9.17, 15) is 13.6 Å². The third-order valence-electron chi connectivity index (χ3n) is 1.53. The molecule has 6 heteroatoms. The molecular formula is C8H8F2N2O2. The van der Waals surface area contributed by atoms with Crippen molar-refractivity contribution in [2.24, 2.45) is 0 Å². The van der Waals surface area contributed by atoms with Crippen LogP contribution < -0.4 is 11.2 Å². The molecule has 0 bridgehead atoms. The van der Waals surface area contributed by atoms with Crippen molar-refractivity contribution in [3.63, 3.8) is 0 Å². The third kappa shape index (κ3) is 1.97. The summed E-state index contributed by atoms with van der Waals surface area (Å²) < 4.78 is 25.7. The predicted molar refractivity (Wildman–Crippen MR) is 45.2 cm³/mol. The first-order valence-electron chi connectivity index (χ1n) is 3.64. The molecule has 0 aliphatic carbocycles. The van der Waals surface area contributed by atoms with Crippen LogP contribution in [0.5, 0.6) is 0 Å². The Hall–Kier alpha value is -1.69. The second-order valence-corrected chi connectivity index (χ2v) is 2.49. The van der Waals surface area contributed by atoms with E-state index in [1.54, 1.807) is 0 Å². The van der Waals surface area contributed by atoms with Crippen LogP contribution in [0.4, 0.5) is 14.5 Å². The van der Waals surface area contributed by atoms with Gasteiger partial charge in [0.2, 0.25) is 0 Å². The number of hydrogen-bond acceptors (Lipinski definition) is 3. The molecule has 1 amide bonds. The maximum atomic E-state index is 13.0. The normalized spacial score (nSPS) is 9.93. The summed E-state index contributed by atoms with van der Waals surface area (Å²) in [5, 5.41) is 0. The number of nitrogen functional groups attached to an aromatic ring is 1. The molecule has 4 nitrogen and oxygen atoms in total. The van der Waals surface area contributed by atoms with Crippen LogP contribution in [-0.4, -0.2) is 13.0 Å². The highest BCUT2D eigenvalue weighted by atomic mass is 19.1. The number of nitrogens with two attached hydrogens (primary N) is 1. The van der Waals surface area contributed by atoms with Gasteiger partial charge in [-0.1, -0.05) is 0 Å². The van der Waals surface area contributed by atoms with Gasteiger partial charge in [0.05, 0.1) is 18.4 Å². The van der Waals surface area contributed by atoms with Gasteiger partial charge in [-0.2, -0.15) is 0 Å². The summed E-state index contributed by atoms with van der Waals surface area (Å²) in [5.74, 6) is -2.72. The van der Waals surface area contributed by atoms with Crippen molar-refractivity contribution in [1.82, 2.24) is 5.48 Å². The fraction of sp³-hybridized carbons (Fsp3) is 0.125. The Kier molecular flexibility index (Phi) is 2.98. The second kappa shape index (κ2) is 4.01. The molecule has 0 aliphatic heterocycles. The summed E-state index contributed by atoms with van der Waals surface area (Å²) in [7, 11) is 1.20. The molecule has 0 aliphatic rings. The third-order valence-corrected chi connectivity index (χ3v) is 1.53. The van der Waals surface area contributed by atoms with Crippen LogP contribution in [0.15, 0.2) is 12.1 Å². The van der Waals surface area contributed by atoms with Crippen molar-refractivity contribution >= 4 is 11.6 Å². The second-order valence-electron chi connectivity index (χ2n) is 2.49. The van der Waals surface area contributed by atoms with Crippen LogP contribution in [0, 0.1) is 11.6 Å². The molecule has 0 saturated carbocycles. The first-order chi connectivity index (χ1) is 6.56. The summed E-state index contributed by atoms with van der Waals surface area (Å²) >= 11 is 0. The van der Waals surface area contributed by atoms with Gasteiger partial charge in [-0.25, -0.2) is 14.3 Å². The van der Waals surface area contributed by atoms with E-state index >= 15 is 0 Å². The minimum Gasteiger partial charge on any atom is -0.396 e. The van der Waals surface area contributed by atoms with Crippen LogP contribution in [0.2, 0.25) is 0 Å². The van der Waals surface area contributed by atoms with E-state index in [2.05, 4.69) is 4.84 Å². The zero-order valence-corrected chi connectivity index (χ0v) is 7.30. The molecule has 0 radical (unpaired) electrons. The maximum Gasteiger partial charge on any atom is 0.277 e. The van der Waals surface area contributed by atoms with E-state index < -0.39 is 17.5 Å².